The summed E-state index contributed by atoms with van der Waals surface area (Å²) >= 11 is 1.70. The number of pyridine rings is 2. The molecular formula is C29H27N5O2S. The smallest absolute Gasteiger partial charge is 0.232 e. The molecule has 1 fully saturated rings. The Morgan fingerprint density at radius 3 is 2.57 bits per heavy atom. The van der Waals surface area contributed by atoms with Gasteiger partial charge in [-0.15, -0.1) is 10.2 Å². The summed E-state index contributed by atoms with van der Waals surface area (Å²) in [5.41, 5.74) is 3.12. The molecule has 186 valence electrons. The van der Waals surface area contributed by atoms with Gasteiger partial charge in [0, 0.05) is 43.3 Å². The predicted octanol–water partition coefficient (Wildman–Crippen LogP) is 5.23. The molecule has 0 saturated carbocycles. The monoisotopic (exact) mass is 509 g/mol. The number of fused-ring (bicyclic) bond motifs is 3. The number of amides is 1. The maximum atomic E-state index is 13.3. The Morgan fingerprint density at radius 1 is 0.946 bits per heavy atom. The van der Waals surface area contributed by atoms with Crippen LogP contribution in [0, 0.1) is 0 Å². The fourth-order valence-corrected chi connectivity index (χ4v) is 6.09. The van der Waals surface area contributed by atoms with Gasteiger partial charge < -0.3 is 9.64 Å². The minimum absolute atomic E-state index is 0.144. The van der Waals surface area contributed by atoms with Gasteiger partial charge in [0.15, 0.2) is 11.5 Å². The summed E-state index contributed by atoms with van der Waals surface area (Å²) in [7, 11) is 3.67. The molecule has 0 bridgehead atoms. The van der Waals surface area contributed by atoms with E-state index in [1.807, 2.05) is 38.4 Å². The first-order chi connectivity index (χ1) is 18.0. The zero-order valence-electron chi connectivity index (χ0n) is 20.8. The molecule has 1 aliphatic rings. The van der Waals surface area contributed by atoms with Crippen LogP contribution in [-0.2, 0) is 14.9 Å². The molecule has 0 spiro atoms. The molecule has 8 heteroatoms. The third kappa shape index (κ3) is 4.26. The molecule has 37 heavy (non-hydrogen) atoms. The van der Waals surface area contributed by atoms with E-state index in [1.165, 1.54) is 0 Å². The number of hydrogen-bond donors (Lipinski definition) is 0. The Hall–Kier alpha value is -3.75. The Balaban J connectivity index is 1.35. The van der Waals surface area contributed by atoms with Crippen molar-refractivity contribution in [1.82, 2.24) is 24.5 Å². The summed E-state index contributed by atoms with van der Waals surface area (Å²) < 4.78 is 7.66. The standard InChI is InChI=1S/C29H27N5O2S/c1-33(2)28(35)29(13-16-36-17-14-29)21-6-5-7-22(19-21)37-23-10-11-25-20(18-23)9-12-26-31-32-27(34(25)26)24-8-3-4-15-30-24/h3-12,15,18-19H,13-14,16-17H2,1-2H3. The van der Waals surface area contributed by atoms with Crippen LogP contribution in [0.2, 0.25) is 0 Å². The lowest BCUT2D eigenvalue weighted by molar-refractivity contribution is -0.138. The van der Waals surface area contributed by atoms with Gasteiger partial charge in [-0.25, -0.2) is 0 Å². The number of ether oxygens (including phenoxy) is 1. The summed E-state index contributed by atoms with van der Waals surface area (Å²) in [4.78, 5) is 21.7. The lowest BCUT2D eigenvalue weighted by Gasteiger charge is -2.38. The van der Waals surface area contributed by atoms with Crippen molar-refractivity contribution in [2.75, 3.05) is 27.3 Å². The van der Waals surface area contributed by atoms with E-state index in [2.05, 4.69) is 68.1 Å². The Morgan fingerprint density at radius 2 is 1.78 bits per heavy atom. The van der Waals surface area contributed by atoms with E-state index in [1.54, 1.807) is 22.9 Å². The molecule has 3 aromatic heterocycles. The number of rotatable bonds is 5. The maximum Gasteiger partial charge on any atom is 0.232 e. The minimum Gasteiger partial charge on any atom is -0.381 e. The Kier molecular flexibility index (Phi) is 6.14. The predicted molar refractivity (Wildman–Crippen MR) is 145 cm³/mol. The van der Waals surface area contributed by atoms with Crippen molar-refractivity contribution in [3.8, 4) is 11.5 Å². The molecule has 0 unspecified atom stereocenters. The highest BCUT2D eigenvalue weighted by Gasteiger charge is 2.42. The van der Waals surface area contributed by atoms with Crippen molar-refractivity contribution in [1.29, 1.82) is 0 Å². The number of nitrogens with zero attached hydrogens (tertiary/aromatic N) is 5. The van der Waals surface area contributed by atoms with Crippen LogP contribution in [0.4, 0.5) is 0 Å². The van der Waals surface area contributed by atoms with E-state index in [0.717, 1.165) is 43.4 Å². The molecule has 1 saturated heterocycles. The van der Waals surface area contributed by atoms with E-state index in [0.29, 0.717) is 26.1 Å². The molecule has 4 heterocycles. The normalized spacial score (nSPS) is 15.2. The van der Waals surface area contributed by atoms with Crippen molar-refractivity contribution in [3.63, 3.8) is 0 Å². The summed E-state index contributed by atoms with van der Waals surface area (Å²) in [6.45, 7) is 1.19. The SMILES string of the molecule is CN(C)C(=O)C1(c2cccc(Sc3ccc4c(ccc5nnc(-c6ccccn6)n54)c3)c2)CCOCC1. The fourth-order valence-electron chi connectivity index (χ4n) is 5.17. The second-order valence-electron chi connectivity index (χ2n) is 9.51. The van der Waals surface area contributed by atoms with Gasteiger partial charge in [-0.3, -0.25) is 14.2 Å². The first-order valence-corrected chi connectivity index (χ1v) is 13.1. The van der Waals surface area contributed by atoms with Crippen LogP contribution < -0.4 is 0 Å². The third-order valence-corrected chi connectivity index (χ3v) is 8.00. The Bertz CT molecular complexity index is 1590. The van der Waals surface area contributed by atoms with Gasteiger partial charge in [-0.2, -0.15) is 0 Å². The molecular weight excluding hydrogens is 482 g/mol. The van der Waals surface area contributed by atoms with Gasteiger partial charge in [0.25, 0.3) is 0 Å². The molecule has 1 aliphatic heterocycles. The van der Waals surface area contributed by atoms with Crippen LogP contribution in [0.25, 0.3) is 28.1 Å². The second-order valence-corrected chi connectivity index (χ2v) is 10.7. The zero-order chi connectivity index (χ0) is 25.4. The summed E-state index contributed by atoms with van der Waals surface area (Å²) in [5.74, 6) is 0.868. The van der Waals surface area contributed by atoms with Gasteiger partial charge in [-0.1, -0.05) is 30.0 Å². The van der Waals surface area contributed by atoms with Crippen LogP contribution in [0.1, 0.15) is 18.4 Å². The first-order valence-electron chi connectivity index (χ1n) is 12.3. The van der Waals surface area contributed by atoms with Crippen LogP contribution in [0.15, 0.2) is 88.8 Å². The number of carbonyl (C=O) groups is 1. The van der Waals surface area contributed by atoms with Crippen molar-refractivity contribution < 1.29 is 9.53 Å². The number of benzene rings is 2. The van der Waals surface area contributed by atoms with Gasteiger partial charge >= 0.3 is 0 Å². The number of carbonyl (C=O) groups excluding carboxylic acids is 1. The number of likely N-dealkylation sites (N-methyl/N-ethyl adjacent to an activating group) is 1. The molecule has 0 atom stereocenters. The molecule has 5 aromatic rings. The maximum absolute atomic E-state index is 13.3. The van der Waals surface area contributed by atoms with Gasteiger partial charge in [0.1, 0.15) is 5.69 Å². The van der Waals surface area contributed by atoms with E-state index in [-0.39, 0.29) is 5.91 Å². The molecule has 6 rings (SSSR count). The van der Waals surface area contributed by atoms with Crippen molar-refractivity contribution in [2.24, 2.45) is 0 Å². The first kappa shape index (κ1) is 23.6. The Labute approximate surface area is 219 Å². The largest absolute Gasteiger partial charge is 0.381 e. The second kappa shape index (κ2) is 9.61. The van der Waals surface area contributed by atoms with Crippen LogP contribution >= 0.6 is 11.8 Å². The summed E-state index contributed by atoms with van der Waals surface area (Å²) in [6.07, 6.45) is 3.16. The van der Waals surface area contributed by atoms with Crippen molar-refractivity contribution in [3.05, 3.63) is 84.6 Å². The zero-order valence-corrected chi connectivity index (χ0v) is 21.6. The van der Waals surface area contributed by atoms with E-state index >= 15 is 0 Å². The van der Waals surface area contributed by atoms with Gasteiger partial charge in [0.05, 0.1) is 10.9 Å². The molecule has 1 amide bonds. The molecule has 7 nitrogen and oxygen atoms in total. The minimum atomic E-state index is -0.538. The number of hydrogen-bond acceptors (Lipinski definition) is 6. The average Bonchev–Trinajstić information content (AvgIpc) is 3.38. The molecule has 0 aliphatic carbocycles. The quantitative estimate of drug-likeness (QED) is 0.323. The topological polar surface area (TPSA) is 72.6 Å². The van der Waals surface area contributed by atoms with Crippen molar-refractivity contribution >= 4 is 34.2 Å². The molecule has 0 radical (unpaired) electrons. The van der Waals surface area contributed by atoms with E-state index < -0.39 is 5.41 Å². The number of aromatic nitrogens is 4. The highest BCUT2D eigenvalue weighted by molar-refractivity contribution is 7.99. The fraction of sp³-hybridized carbons (Fsp3) is 0.241. The van der Waals surface area contributed by atoms with E-state index in [4.69, 9.17) is 4.74 Å². The lowest BCUT2D eigenvalue weighted by Crippen LogP contribution is -2.47. The third-order valence-electron chi connectivity index (χ3n) is 7.02. The van der Waals surface area contributed by atoms with E-state index in [9.17, 15) is 4.79 Å². The highest BCUT2D eigenvalue weighted by atomic mass is 32.2. The van der Waals surface area contributed by atoms with Crippen LogP contribution in [-0.4, -0.2) is 57.7 Å². The summed E-state index contributed by atoms with van der Waals surface area (Å²) in [5, 5.41) is 9.84. The molecule has 2 aromatic carbocycles. The highest BCUT2D eigenvalue weighted by Crippen LogP contribution is 2.39. The van der Waals surface area contributed by atoms with Gasteiger partial charge in [0.2, 0.25) is 5.91 Å². The lowest BCUT2D eigenvalue weighted by atomic mass is 9.73. The summed E-state index contributed by atoms with van der Waals surface area (Å²) in [6, 6.07) is 24.7. The van der Waals surface area contributed by atoms with Crippen LogP contribution in [0.3, 0.4) is 0 Å². The average molecular weight is 510 g/mol. The molecule has 0 N–H and O–H groups in total. The van der Waals surface area contributed by atoms with Crippen LogP contribution in [0.5, 0.6) is 0 Å². The van der Waals surface area contributed by atoms with Gasteiger partial charge in [-0.05, 0) is 78.4 Å². The van der Waals surface area contributed by atoms with Crippen molar-refractivity contribution in [2.45, 2.75) is 28.0 Å².